The smallest absolute Gasteiger partial charge is 0.271 e. The molecule has 0 aromatic heterocycles. The Bertz CT molecular complexity index is 727. The number of rotatable bonds is 4. The van der Waals surface area contributed by atoms with Crippen LogP contribution in [0.1, 0.15) is 29.9 Å². The van der Waals surface area contributed by atoms with Gasteiger partial charge in [0.05, 0.1) is 4.92 Å². The molecule has 1 amide bonds. The van der Waals surface area contributed by atoms with E-state index in [9.17, 15) is 14.9 Å². The number of fused-ring (bicyclic) bond motifs is 1. The second-order valence-corrected chi connectivity index (χ2v) is 5.49. The van der Waals surface area contributed by atoms with Gasteiger partial charge in [-0.25, -0.2) is 0 Å². The van der Waals surface area contributed by atoms with Gasteiger partial charge in [-0.1, -0.05) is 30.3 Å². The molecule has 0 aliphatic heterocycles. The van der Waals surface area contributed by atoms with Crippen LogP contribution in [0.2, 0.25) is 0 Å². The summed E-state index contributed by atoms with van der Waals surface area (Å²) < 4.78 is 0. The second kappa shape index (κ2) is 5.97. The summed E-state index contributed by atoms with van der Waals surface area (Å²) in [4.78, 5) is 22.5. The quantitative estimate of drug-likeness (QED) is 0.691. The van der Waals surface area contributed by atoms with Crippen LogP contribution in [-0.2, 0) is 11.2 Å². The number of benzene rings is 2. The van der Waals surface area contributed by atoms with E-state index in [4.69, 9.17) is 0 Å². The maximum absolute atomic E-state index is 12.2. The molecule has 1 N–H and O–H groups in total. The zero-order valence-electron chi connectivity index (χ0n) is 12.0. The van der Waals surface area contributed by atoms with Crippen molar-refractivity contribution >= 4 is 17.3 Å². The van der Waals surface area contributed by atoms with Gasteiger partial charge in [-0.2, -0.15) is 0 Å². The SMILES string of the molecule is O=C(CC1CCc2ccccc21)Nc1cccc([N+](=O)[O-])c1. The third-order valence-electron chi connectivity index (χ3n) is 4.03. The molecule has 5 heteroatoms. The van der Waals surface area contributed by atoms with Crippen LogP contribution >= 0.6 is 0 Å². The fraction of sp³-hybridized carbons (Fsp3) is 0.235. The lowest BCUT2D eigenvalue weighted by Crippen LogP contribution is -2.14. The monoisotopic (exact) mass is 296 g/mol. The van der Waals surface area contributed by atoms with Crippen molar-refractivity contribution < 1.29 is 9.72 Å². The molecule has 1 unspecified atom stereocenters. The van der Waals surface area contributed by atoms with Crippen molar-refractivity contribution in [3.8, 4) is 0 Å². The Morgan fingerprint density at radius 1 is 1.23 bits per heavy atom. The molecular weight excluding hydrogens is 280 g/mol. The van der Waals surface area contributed by atoms with Crippen LogP contribution < -0.4 is 5.32 Å². The molecule has 1 aliphatic carbocycles. The number of nitro groups is 1. The Morgan fingerprint density at radius 3 is 2.86 bits per heavy atom. The summed E-state index contributed by atoms with van der Waals surface area (Å²) in [6.07, 6.45) is 2.38. The molecule has 3 rings (SSSR count). The van der Waals surface area contributed by atoms with Crippen LogP contribution in [0.15, 0.2) is 48.5 Å². The molecule has 0 fully saturated rings. The van der Waals surface area contributed by atoms with Gasteiger partial charge in [0.25, 0.3) is 5.69 Å². The minimum absolute atomic E-state index is 0.0241. The van der Waals surface area contributed by atoms with Crippen LogP contribution in [0.4, 0.5) is 11.4 Å². The van der Waals surface area contributed by atoms with E-state index >= 15 is 0 Å². The van der Waals surface area contributed by atoms with Crippen LogP contribution in [-0.4, -0.2) is 10.8 Å². The number of nitro benzene ring substituents is 1. The Labute approximate surface area is 128 Å². The second-order valence-electron chi connectivity index (χ2n) is 5.49. The topological polar surface area (TPSA) is 72.2 Å². The molecular formula is C17H16N2O3. The van der Waals surface area contributed by atoms with Gasteiger partial charge in [0.15, 0.2) is 0 Å². The number of nitrogens with one attached hydrogen (secondary N) is 1. The number of hydrogen-bond donors (Lipinski definition) is 1. The third kappa shape index (κ3) is 2.98. The van der Waals surface area contributed by atoms with Gasteiger partial charge >= 0.3 is 0 Å². The molecule has 22 heavy (non-hydrogen) atoms. The van der Waals surface area contributed by atoms with E-state index < -0.39 is 4.92 Å². The maximum Gasteiger partial charge on any atom is 0.271 e. The van der Waals surface area contributed by atoms with Crippen molar-refractivity contribution in [3.63, 3.8) is 0 Å². The predicted molar refractivity (Wildman–Crippen MR) is 83.8 cm³/mol. The van der Waals surface area contributed by atoms with Gasteiger partial charge < -0.3 is 5.32 Å². The molecule has 2 aromatic rings. The van der Waals surface area contributed by atoms with Gasteiger partial charge in [-0.3, -0.25) is 14.9 Å². The standard InChI is InChI=1S/C17H16N2O3/c20-17(18-14-5-3-6-15(11-14)19(21)22)10-13-9-8-12-4-1-2-7-16(12)13/h1-7,11,13H,8-10H2,(H,18,20). The Kier molecular flexibility index (Phi) is 3.87. The molecule has 1 aliphatic rings. The molecule has 2 aromatic carbocycles. The molecule has 1 atom stereocenters. The first-order chi connectivity index (χ1) is 10.6. The highest BCUT2D eigenvalue weighted by atomic mass is 16.6. The number of carbonyl (C=O) groups is 1. The number of anilines is 1. The third-order valence-corrected chi connectivity index (χ3v) is 4.03. The Morgan fingerprint density at radius 2 is 2.05 bits per heavy atom. The van der Waals surface area contributed by atoms with E-state index in [2.05, 4.69) is 17.4 Å². The van der Waals surface area contributed by atoms with Crippen LogP contribution in [0.3, 0.4) is 0 Å². The first kappa shape index (κ1) is 14.3. The normalized spacial score (nSPS) is 16.1. The fourth-order valence-corrected chi connectivity index (χ4v) is 2.99. The highest BCUT2D eigenvalue weighted by Gasteiger charge is 2.24. The molecule has 0 heterocycles. The largest absolute Gasteiger partial charge is 0.326 e. The Hall–Kier alpha value is -2.69. The first-order valence-electron chi connectivity index (χ1n) is 7.25. The highest BCUT2D eigenvalue weighted by Crippen LogP contribution is 2.35. The molecule has 0 bridgehead atoms. The summed E-state index contributed by atoms with van der Waals surface area (Å²) >= 11 is 0. The summed E-state index contributed by atoms with van der Waals surface area (Å²) in [5.74, 6) is 0.122. The summed E-state index contributed by atoms with van der Waals surface area (Å²) in [6.45, 7) is 0. The van der Waals surface area contributed by atoms with E-state index in [0.29, 0.717) is 12.1 Å². The lowest BCUT2D eigenvalue weighted by molar-refractivity contribution is -0.384. The van der Waals surface area contributed by atoms with E-state index in [0.717, 1.165) is 12.8 Å². The summed E-state index contributed by atoms with van der Waals surface area (Å²) in [5, 5.41) is 13.5. The van der Waals surface area contributed by atoms with Crippen molar-refractivity contribution in [1.29, 1.82) is 0 Å². The minimum atomic E-state index is -0.469. The zero-order chi connectivity index (χ0) is 15.5. The van der Waals surface area contributed by atoms with Crippen molar-refractivity contribution in [1.82, 2.24) is 0 Å². The highest BCUT2D eigenvalue weighted by molar-refractivity contribution is 5.91. The fourth-order valence-electron chi connectivity index (χ4n) is 2.99. The molecule has 0 spiro atoms. The van der Waals surface area contributed by atoms with E-state index in [-0.39, 0.29) is 17.5 Å². The van der Waals surface area contributed by atoms with Gasteiger partial charge in [0, 0.05) is 24.2 Å². The maximum atomic E-state index is 12.2. The van der Waals surface area contributed by atoms with Crippen molar-refractivity contribution in [2.45, 2.75) is 25.2 Å². The van der Waals surface area contributed by atoms with Gasteiger partial charge in [-0.05, 0) is 36.0 Å². The minimum Gasteiger partial charge on any atom is -0.326 e. The average molecular weight is 296 g/mol. The summed E-state index contributed by atoms with van der Waals surface area (Å²) in [7, 11) is 0. The van der Waals surface area contributed by atoms with Crippen molar-refractivity contribution in [2.75, 3.05) is 5.32 Å². The number of hydrogen-bond acceptors (Lipinski definition) is 3. The van der Waals surface area contributed by atoms with E-state index in [1.807, 2.05) is 12.1 Å². The summed E-state index contributed by atoms with van der Waals surface area (Å²) in [6, 6.07) is 14.2. The predicted octanol–water partition coefficient (Wildman–Crippen LogP) is 3.65. The van der Waals surface area contributed by atoms with Gasteiger partial charge in [-0.15, -0.1) is 0 Å². The molecule has 5 nitrogen and oxygen atoms in total. The summed E-state index contributed by atoms with van der Waals surface area (Å²) in [5.41, 5.74) is 3.00. The van der Waals surface area contributed by atoms with Crippen molar-refractivity contribution in [2.24, 2.45) is 0 Å². The molecule has 0 saturated carbocycles. The first-order valence-corrected chi connectivity index (χ1v) is 7.25. The lowest BCUT2D eigenvalue weighted by Gasteiger charge is -2.11. The molecule has 0 saturated heterocycles. The molecule has 0 radical (unpaired) electrons. The van der Waals surface area contributed by atoms with Crippen LogP contribution in [0.5, 0.6) is 0 Å². The van der Waals surface area contributed by atoms with Crippen LogP contribution in [0.25, 0.3) is 0 Å². The number of amides is 1. The number of aryl methyl sites for hydroxylation is 1. The molecule has 112 valence electrons. The average Bonchev–Trinajstić information content (AvgIpc) is 2.91. The number of non-ortho nitro benzene ring substituents is 1. The Balaban J connectivity index is 1.66. The number of carbonyl (C=O) groups excluding carboxylic acids is 1. The zero-order valence-corrected chi connectivity index (χ0v) is 12.0. The van der Waals surface area contributed by atoms with E-state index in [1.54, 1.807) is 12.1 Å². The van der Waals surface area contributed by atoms with Crippen LogP contribution in [0, 0.1) is 10.1 Å². The number of nitrogens with zero attached hydrogens (tertiary/aromatic N) is 1. The lowest BCUT2D eigenvalue weighted by atomic mass is 9.97. The van der Waals surface area contributed by atoms with Gasteiger partial charge in [0.2, 0.25) is 5.91 Å². The van der Waals surface area contributed by atoms with Gasteiger partial charge in [0.1, 0.15) is 0 Å². The van der Waals surface area contributed by atoms with E-state index in [1.165, 1.54) is 23.3 Å². The van der Waals surface area contributed by atoms with Crippen molar-refractivity contribution in [3.05, 3.63) is 69.8 Å².